The van der Waals surface area contributed by atoms with Gasteiger partial charge in [0.25, 0.3) is 5.69 Å². The summed E-state index contributed by atoms with van der Waals surface area (Å²) in [5.74, 6) is 0. The first-order valence-electron chi connectivity index (χ1n) is 5.80. The molecule has 0 fully saturated rings. The number of fused-ring (bicyclic) bond motifs is 1. The van der Waals surface area contributed by atoms with Crippen LogP contribution in [0.3, 0.4) is 0 Å². The second-order valence-corrected chi connectivity index (χ2v) is 5.25. The number of hydrogen-bond acceptors (Lipinski definition) is 4. The molecule has 1 N–H and O–H groups in total. The number of nitrogens with zero attached hydrogens (tertiary/aromatic N) is 1. The van der Waals surface area contributed by atoms with E-state index in [1.54, 1.807) is 23.5 Å². The molecule has 0 aliphatic carbocycles. The molecule has 4 nitrogen and oxygen atoms in total. The van der Waals surface area contributed by atoms with Crippen molar-refractivity contribution >= 4 is 17.0 Å². The van der Waals surface area contributed by atoms with Gasteiger partial charge in [0.1, 0.15) is 0 Å². The molecule has 0 saturated heterocycles. The number of hydrogen-bond donors (Lipinski definition) is 1. The maximum absolute atomic E-state index is 11.1. The van der Waals surface area contributed by atoms with Gasteiger partial charge >= 0.3 is 0 Å². The molecule has 0 radical (unpaired) electrons. The molecule has 3 rings (SSSR count). The molecule has 1 unspecified atom stereocenters. The van der Waals surface area contributed by atoms with Gasteiger partial charge in [-0.3, -0.25) is 10.1 Å². The van der Waals surface area contributed by atoms with E-state index in [1.165, 1.54) is 10.4 Å². The summed E-state index contributed by atoms with van der Waals surface area (Å²) < 4.78 is 0. The van der Waals surface area contributed by atoms with Crippen LogP contribution in [-0.2, 0) is 6.42 Å². The molecule has 5 heteroatoms. The summed E-state index contributed by atoms with van der Waals surface area (Å²) in [6.07, 6.45) is 1.00. The van der Waals surface area contributed by atoms with Crippen LogP contribution in [0.2, 0.25) is 0 Å². The first kappa shape index (κ1) is 11.4. The predicted octanol–water partition coefficient (Wildman–Crippen LogP) is 2.89. The molecule has 0 saturated carbocycles. The molecule has 18 heavy (non-hydrogen) atoms. The molecule has 0 spiro atoms. The van der Waals surface area contributed by atoms with Gasteiger partial charge in [-0.1, -0.05) is 18.2 Å². The molecule has 1 aliphatic heterocycles. The first-order valence-corrected chi connectivity index (χ1v) is 6.68. The van der Waals surface area contributed by atoms with Crippen molar-refractivity contribution in [1.82, 2.24) is 5.32 Å². The maximum Gasteiger partial charge on any atom is 0.274 e. The molecular formula is C13H12N2O2S. The number of rotatable bonds is 2. The third-order valence-corrected chi connectivity index (χ3v) is 4.23. The van der Waals surface area contributed by atoms with Gasteiger partial charge in [0.15, 0.2) is 0 Å². The van der Waals surface area contributed by atoms with Gasteiger partial charge in [0.2, 0.25) is 0 Å². The van der Waals surface area contributed by atoms with Gasteiger partial charge in [-0.05, 0) is 23.4 Å². The summed E-state index contributed by atoms with van der Waals surface area (Å²) in [6, 6.07) is 8.97. The fourth-order valence-corrected chi connectivity index (χ4v) is 3.35. The SMILES string of the molecule is O=[N+]([O-])c1ccccc1C1NCCc2sccc21. The highest BCUT2D eigenvalue weighted by Gasteiger charge is 2.27. The summed E-state index contributed by atoms with van der Waals surface area (Å²) in [5.41, 5.74) is 2.12. The summed E-state index contributed by atoms with van der Waals surface area (Å²) in [4.78, 5) is 12.1. The highest BCUT2D eigenvalue weighted by Crippen LogP contribution is 2.35. The number of thiophene rings is 1. The van der Waals surface area contributed by atoms with E-state index < -0.39 is 0 Å². The third kappa shape index (κ3) is 1.81. The highest BCUT2D eigenvalue weighted by molar-refractivity contribution is 7.10. The lowest BCUT2D eigenvalue weighted by molar-refractivity contribution is -0.385. The van der Waals surface area contributed by atoms with Crippen LogP contribution < -0.4 is 5.32 Å². The number of nitro benzene ring substituents is 1. The van der Waals surface area contributed by atoms with Gasteiger partial charge in [-0.15, -0.1) is 11.3 Å². The number of nitro groups is 1. The fourth-order valence-electron chi connectivity index (χ4n) is 2.43. The molecule has 2 heterocycles. The Bertz CT molecular complexity index is 594. The number of benzene rings is 1. The zero-order valence-electron chi connectivity index (χ0n) is 9.63. The Labute approximate surface area is 108 Å². The van der Waals surface area contributed by atoms with Crippen molar-refractivity contribution in [3.8, 4) is 0 Å². The van der Waals surface area contributed by atoms with Gasteiger partial charge in [-0.2, -0.15) is 0 Å². The minimum atomic E-state index is -0.308. The van der Waals surface area contributed by atoms with Crippen LogP contribution in [0, 0.1) is 10.1 Å². The summed E-state index contributed by atoms with van der Waals surface area (Å²) in [6.45, 7) is 0.865. The molecule has 92 valence electrons. The monoisotopic (exact) mass is 260 g/mol. The van der Waals surface area contributed by atoms with Crippen LogP contribution in [0.5, 0.6) is 0 Å². The lowest BCUT2D eigenvalue weighted by atomic mass is 9.94. The third-order valence-electron chi connectivity index (χ3n) is 3.24. The molecule has 1 atom stereocenters. The van der Waals surface area contributed by atoms with Crippen LogP contribution in [0.15, 0.2) is 35.7 Å². The van der Waals surface area contributed by atoms with Crippen molar-refractivity contribution in [2.24, 2.45) is 0 Å². The van der Waals surface area contributed by atoms with E-state index in [4.69, 9.17) is 0 Å². The van der Waals surface area contributed by atoms with Crippen molar-refractivity contribution in [1.29, 1.82) is 0 Å². The van der Waals surface area contributed by atoms with E-state index in [1.807, 2.05) is 12.1 Å². The van der Waals surface area contributed by atoms with Crippen LogP contribution >= 0.6 is 11.3 Å². The van der Waals surface area contributed by atoms with E-state index >= 15 is 0 Å². The van der Waals surface area contributed by atoms with Crippen LogP contribution in [0.1, 0.15) is 22.0 Å². The average Bonchev–Trinajstić information content (AvgIpc) is 2.86. The quantitative estimate of drug-likeness (QED) is 0.667. The number of para-hydroxylation sites is 1. The molecule has 0 bridgehead atoms. The van der Waals surface area contributed by atoms with Crippen molar-refractivity contribution in [3.63, 3.8) is 0 Å². The summed E-state index contributed by atoms with van der Waals surface area (Å²) >= 11 is 1.73. The minimum absolute atomic E-state index is 0.0541. The van der Waals surface area contributed by atoms with Crippen LogP contribution in [0.4, 0.5) is 5.69 Å². The largest absolute Gasteiger partial charge is 0.306 e. The molecule has 0 amide bonds. The molecule has 1 aliphatic rings. The summed E-state index contributed by atoms with van der Waals surface area (Å²) in [5, 5.41) is 16.5. The zero-order chi connectivity index (χ0) is 12.5. The Morgan fingerprint density at radius 3 is 2.94 bits per heavy atom. The van der Waals surface area contributed by atoms with Gasteiger partial charge in [-0.25, -0.2) is 0 Å². The standard InChI is InChI=1S/C13H12N2O2S/c16-15(17)11-4-2-1-3-9(11)13-10-6-8-18-12(10)5-7-14-13/h1-4,6,8,13-14H,5,7H2. The normalized spacial score (nSPS) is 18.3. The Balaban J connectivity index is 2.10. The van der Waals surface area contributed by atoms with Crippen molar-refractivity contribution in [2.75, 3.05) is 6.54 Å². The maximum atomic E-state index is 11.1. The smallest absolute Gasteiger partial charge is 0.274 e. The van der Waals surface area contributed by atoms with Crippen molar-refractivity contribution < 1.29 is 4.92 Å². The molecule has 1 aromatic carbocycles. The van der Waals surface area contributed by atoms with Gasteiger partial charge in [0.05, 0.1) is 16.5 Å². The Kier molecular flexibility index (Phi) is 2.85. The second-order valence-electron chi connectivity index (χ2n) is 4.25. The van der Waals surface area contributed by atoms with E-state index in [2.05, 4.69) is 16.8 Å². The Morgan fingerprint density at radius 1 is 1.28 bits per heavy atom. The fraction of sp³-hybridized carbons (Fsp3) is 0.231. The average molecular weight is 260 g/mol. The molecule has 1 aromatic heterocycles. The zero-order valence-corrected chi connectivity index (χ0v) is 10.4. The van der Waals surface area contributed by atoms with Crippen molar-refractivity contribution in [3.05, 3.63) is 61.8 Å². The van der Waals surface area contributed by atoms with E-state index in [0.717, 1.165) is 18.5 Å². The lowest BCUT2D eigenvalue weighted by Crippen LogP contribution is -2.29. The van der Waals surface area contributed by atoms with E-state index in [0.29, 0.717) is 0 Å². The first-order chi connectivity index (χ1) is 8.77. The van der Waals surface area contributed by atoms with Crippen LogP contribution in [-0.4, -0.2) is 11.5 Å². The predicted molar refractivity (Wildman–Crippen MR) is 71.0 cm³/mol. The van der Waals surface area contributed by atoms with E-state index in [-0.39, 0.29) is 16.7 Å². The molecular weight excluding hydrogens is 248 g/mol. The van der Waals surface area contributed by atoms with Crippen LogP contribution in [0.25, 0.3) is 0 Å². The summed E-state index contributed by atoms with van der Waals surface area (Å²) in [7, 11) is 0. The van der Waals surface area contributed by atoms with Gasteiger partial charge in [0, 0.05) is 17.5 Å². The number of nitrogens with one attached hydrogen (secondary N) is 1. The molecule has 2 aromatic rings. The van der Waals surface area contributed by atoms with Gasteiger partial charge < -0.3 is 5.32 Å². The Morgan fingerprint density at radius 2 is 2.11 bits per heavy atom. The second kappa shape index (κ2) is 4.51. The minimum Gasteiger partial charge on any atom is -0.306 e. The van der Waals surface area contributed by atoms with E-state index in [9.17, 15) is 10.1 Å². The highest BCUT2D eigenvalue weighted by atomic mass is 32.1. The lowest BCUT2D eigenvalue weighted by Gasteiger charge is -2.24. The Hall–Kier alpha value is -1.72. The van der Waals surface area contributed by atoms with Crippen molar-refractivity contribution in [2.45, 2.75) is 12.5 Å². The topological polar surface area (TPSA) is 55.2 Å².